The van der Waals surface area contributed by atoms with Gasteiger partial charge < -0.3 is 9.80 Å². The van der Waals surface area contributed by atoms with Gasteiger partial charge in [0.1, 0.15) is 0 Å². The molecule has 1 amide bonds. The molecule has 6 nitrogen and oxygen atoms in total. The maximum Gasteiger partial charge on any atom is 0.254 e. The molecule has 2 aromatic carbocycles. The maximum absolute atomic E-state index is 13.1. The van der Waals surface area contributed by atoms with E-state index >= 15 is 0 Å². The highest BCUT2D eigenvalue weighted by Gasteiger charge is 2.21. The van der Waals surface area contributed by atoms with Gasteiger partial charge in [-0.1, -0.05) is 18.2 Å². The first-order valence-corrected chi connectivity index (χ1v) is 12.4. The summed E-state index contributed by atoms with van der Waals surface area (Å²) in [7, 11) is -1.91. The summed E-state index contributed by atoms with van der Waals surface area (Å²) >= 11 is 0. The molecule has 168 valence electrons. The summed E-state index contributed by atoms with van der Waals surface area (Å²) < 4.78 is 27.6. The van der Waals surface area contributed by atoms with Crippen LogP contribution in [0.4, 0.5) is 5.69 Å². The van der Waals surface area contributed by atoms with Gasteiger partial charge in [0.25, 0.3) is 5.91 Å². The van der Waals surface area contributed by atoms with E-state index < -0.39 is 10.0 Å². The molecule has 0 saturated carbocycles. The van der Waals surface area contributed by atoms with Crippen molar-refractivity contribution in [1.82, 2.24) is 9.62 Å². The lowest BCUT2D eigenvalue weighted by atomic mass is 10.1. The molecule has 31 heavy (non-hydrogen) atoms. The Balaban J connectivity index is 1.73. The molecule has 0 bridgehead atoms. The van der Waals surface area contributed by atoms with Crippen molar-refractivity contribution in [2.75, 3.05) is 25.0 Å². The quantitative estimate of drug-likeness (QED) is 0.704. The predicted molar refractivity (Wildman–Crippen MR) is 125 cm³/mol. The number of anilines is 1. The van der Waals surface area contributed by atoms with Crippen LogP contribution >= 0.6 is 0 Å². The first-order chi connectivity index (χ1) is 14.7. The van der Waals surface area contributed by atoms with E-state index in [-0.39, 0.29) is 16.8 Å². The number of hydrogen-bond acceptors (Lipinski definition) is 4. The molecule has 3 rings (SSSR count). The third-order valence-electron chi connectivity index (χ3n) is 5.56. The number of carbonyl (C=O) groups excluding carboxylic acids is 1. The Morgan fingerprint density at radius 1 is 1.06 bits per heavy atom. The SMILES string of the molecule is Cc1ccc(S(=O)(=O)NC(C)C)cc1C(=O)N(C)Cc1ccc(N2CCCCC2)cc1. The molecule has 1 aliphatic rings. The van der Waals surface area contributed by atoms with Crippen molar-refractivity contribution in [1.29, 1.82) is 0 Å². The molecule has 2 aromatic rings. The number of nitrogens with zero attached hydrogens (tertiary/aromatic N) is 2. The monoisotopic (exact) mass is 443 g/mol. The smallest absolute Gasteiger partial charge is 0.254 e. The number of carbonyl (C=O) groups is 1. The van der Waals surface area contributed by atoms with Crippen molar-refractivity contribution in [2.45, 2.75) is 57.5 Å². The van der Waals surface area contributed by atoms with Crippen molar-refractivity contribution in [3.63, 3.8) is 0 Å². The van der Waals surface area contributed by atoms with Crippen LogP contribution < -0.4 is 9.62 Å². The Labute approximate surface area is 186 Å². The van der Waals surface area contributed by atoms with E-state index in [1.165, 1.54) is 37.1 Å². The summed E-state index contributed by atoms with van der Waals surface area (Å²) in [6.07, 6.45) is 3.77. The van der Waals surface area contributed by atoms with Gasteiger partial charge >= 0.3 is 0 Å². The molecule has 0 unspecified atom stereocenters. The first kappa shape index (κ1) is 23.3. The molecule has 1 heterocycles. The minimum Gasteiger partial charge on any atom is -0.372 e. The highest BCUT2D eigenvalue weighted by Crippen LogP contribution is 2.22. The van der Waals surface area contributed by atoms with E-state index in [0.717, 1.165) is 24.2 Å². The van der Waals surface area contributed by atoms with Crippen LogP contribution in [0.2, 0.25) is 0 Å². The number of aryl methyl sites for hydroxylation is 1. The second-order valence-electron chi connectivity index (χ2n) is 8.63. The second-order valence-corrected chi connectivity index (χ2v) is 10.3. The number of rotatable bonds is 7. The summed E-state index contributed by atoms with van der Waals surface area (Å²) in [5.74, 6) is -0.195. The number of benzene rings is 2. The van der Waals surface area contributed by atoms with Gasteiger partial charge in [-0.2, -0.15) is 0 Å². The third-order valence-corrected chi connectivity index (χ3v) is 7.22. The zero-order valence-electron chi connectivity index (χ0n) is 18.9. The number of piperidine rings is 1. The van der Waals surface area contributed by atoms with Crippen LogP contribution in [-0.4, -0.2) is 45.4 Å². The summed E-state index contributed by atoms with van der Waals surface area (Å²) in [5.41, 5.74) is 3.42. The zero-order chi connectivity index (χ0) is 22.6. The topological polar surface area (TPSA) is 69.7 Å². The Morgan fingerprint density at radius 2 is 1.71 bits per heavy atom. The summed E-state index contributed by atoms with van der Waals surface area (Å²) in [6.45, 7) is 8.01. The van der Waals surface area contributed by atoms with Crippen LogP contribution in [0.3, 0.4) is 0 Å². The second kappa shape index (κ2) is 9.83. The highest BCUT2D eigenvalue weighted by molar-refractivity contribution is 7.89. The minimum atomic E-state index is -3.66. The molecule has 1 fully saturated rings. The Bertz CT molecular complexity index is 1010. The lowest BCUT2D eigenvalue weighted by Crippen LogP contribution is -2.31. The van der Waals surface area contributed by atoms with Crippen LogP contribution in [0.5, 0.6) is 0 Å². The van der Waals surface area contributed by atoms with Gasteiger partial charge in [-0.15, -0.1) is 0 Å². The van der Waals surface area contributed by atoms with Crippen LogP contribution in [0.25, 0.3) is 0 Å². The molecule has 0 atom stereocenters. The van der Waals surface area contributed by atoms with Gasteiger partial charge in [-0.05, 0) is 75.4 Å². The molecule has 0 aliphatic carbocycles. The molecule has 0 radical (unpaired) electrons. The van der Waals surface area contributed by atoms with E-state index in [0.29, 0.717) is 12.1 Å². The maximum atomic E-state index is 13.1. The number of sulfonamides is 1. The van der Waals surface area contributed by atoms with Crippen molar-refractivity contribution >= 4 is 21.6 Å². The van der Waals surface area contributed by atoms with E-state index in [1.54, 1.807) is 31.9 Å². The molecular weight excluding hydrogens is 410 g/mol. The van der Waals surface area contributed by atoms with Crippen molar-refractivity contribution in [3.8, 4) is 0 Å². The van der Waals surface area contributed by atoms with E-state index in [1.807, 2.05) is 6.92 Å². The Morgan fingerprint density at radius 3 is 2.32 bits per heavy atom. The zero-order valence-corrected chi connectivity index (χ0v) is 19.7. The van der Waals surface area contributed by atoms with E-state index in [4.69, 9.17) is 0 Å². The molecule has 1 N–H and O–H groups in total. The number of amides is 1. The Hall–Kier alpha value is -2.38. The van der Waals surface area contributed by atoms with Crippen LogP contribution in [-0.2, 0) is 16.6 Å². The lowest BCUT2D eigenvalue weighted by Gasteiger charge is -2.29. The normalized spacial score (nSPS) is 14.7. The van der Waals surface area contributed by atoms with E-state index in [2.05, 4.69) is 33.9 Å². The van der Waals surface area contributed by atoms with Gasteiger partial charge in [0.2, 0.25) is 10.0 Å². The molecular formula is C24H33N3O3S. The van der Waals surface area contributed by atoms with Crippen molar-refractivity contribution in [2.24, 2.45) is 0 Å². The van der Waals surface area contributed by atoms with Gasteiger partial charge in [-0.25, -0.2) is 13.1 Å². The van der Waals surface area contributed by atoms with Gasteiger partial charge in [0.05, 0.1) is 4.90 Å². The van der Waals surface area contributed by atoms with Crippen LogP contribution in [0.1, 0.15) is 54.6 Å². The summed E-state index contributed by atoms with van der Waals surface area (Å²) in [5, 5.41) is 0. The van der Waals surface area contributed by atoms with Crippen molar-refractivity contribution in [3.05, 3.63) is 59.2 Å². The molecule has 0 spiro atoms. The molecule has 1 aliphatic heterocycles. The predicted octanol–water partition coefficient (Wildman–Crippen LogP) is 3.94. The molecule has 1 saturated heterocycles. The fraction of sp³-hybridized carbons (Fsp3) is 0.458. The van der Waals surface area contributed by atoms with Gasteiger partial charge in [0.15, 0.2) is 0 Å². The van der Waals surface area contributed by atoms with Crippen LogP contribution in [0.15, 0.2) is 47.4 Å². The van der Waals surface area contributed by atoms with Crippen molar-refractivity contribution < 1.29 is 13.2 Å². The Kier molecular flexibility index (Phi) is 7.38. The van der Waals surface area contributed by atoms with E-state index in [9.17, 15) is 13.2 Å². The number of hydrogen-bond donors (Lipinski definition) is 1. The average molecular weight is 444 g/mol. The fourth-order valence-corrected chi connectivity index (χ4v) is 5.17. The third kappa shape index (κ3) is 5.86. The van der Waals surface area contributed by atoms with Gasteiger partial charge in [0, 0.05) is 44.0 Å². The number of nitrogens with one attached hydrogen (secondary N) is 1. The molecule has 0 aromatic heterocycles. The van der Waals surface area contributed by atoms with Gasteiger partial charge in [-0.3, -0.25) is 4.79 Å². The lowest BCUT2D eigenvalue weighted by molar-refractivity contribution is 0.0784. The summed E-state index contributed by atoms with van der Waals surface area (Å²) in [6, 6.07) is 12.8. The standard InChI is InChI=1S/C24H33N3O3S/c1-18(2)25-31(29,30)22-13-8-19(3)23(16-22)24(28)26(4)17-20-9-11-21(12-10-20)27-14-6-5-7-15-27/h8-13,16,18,25H,5-7,14-15,17H2,1-4H3. The first-order valence-electron chi connectivity index (χ1n) is 10.9. The van der Waals surface area contributed by atoms with Crippen LogP contribution in [0, 0.1) is 6.92 Å². The summed E-state index contributed by atoms with van der Waals surface area (Å²) in [4.78, 5) is 17.2. The highest BCUT2D eigenvalue weighted by atomic mass is 32.2. The minimum absolute atomic E-state index is 0.106. The molecule has 7 heteroatoms. The largest absolute Gasteiger partial charge is 0.372 e. The average Bonchev–Trinajstić information content (AvgIpc) is 2.73. The fourth-order valence-electron chi connectivity index (χ4n) is 3.89.